The van der Waals surface area contributed by atoms with Crippen LogP contribution in [0, 0.1) is 0 Å². The van der Waals surface area contributed by atoms with E-state index in [4.69, 9.17) is 9.47 Å². The fourth-order valence-electron chi connectivity index (χ4n) is 3.84. The molecule has 2 aliphatic rings. The van der Waals surface area contributed by atoms with Crippen LogP contribution in [0.25, 0.3) is 5.57 Å². The van der Waals surface area contributed by atoms with Gasteiger partial charge in [0.25, 0.3) is 0 Å². The van der Waals surface area contributed by atoms with E-state index in [0.717, 1.165) is 36.6 Å². The molecule has 0 spiro atoms. The van der Waals surface area contributed by atoms with Crippen molar-refractivity contribution in [2.75, 3.05) is 39.4 Å². The topological polar surface area (TPSA) is 42.0 Å². The largest absolute Gasteiger partial charge is 0.486 e. The highest BCUT2D eigenvalue weighted by molar-refractivity contribution is 5.78. The van der Waals surface area contributed by atoms with Crippen molar-refractivity contribution in [3.8, 4) is 11.5 Å². The molecule has 0 atom stereocenters. The van der Waals surface area contributed by atoms with Gasteiger partial charge in [-0.2, -0.15) is 0 Å². The summed E-state index contributed by atoms with van der Waals surface area (Å²) in [5.41, 5.74) is 3.72. The quantitative estimate of drug-likeness (QED) is 0.753. The molecule has 0 saturated carbocycles. The van der Waals surface area contributed by atoms with Gasteiger partial charge in [0, 0.05) is 26.2 Å². The summed E-state index contributed by atoms with van der Waals surface area (Å²) in [6, 6.07) is 16.4. The Morgan fingerprint density at radius 2 is 1.86 bits per heavy atom. The molecule has 29 heavy (non-hydrogen) atoms. The van der Waals surface area contributed by atoms with Crippen molar-refractivity contribution in [2.24, 2.45) is 0 Å². The normalized spacial score (nSPS) is 16.2. The minimum atomic E-state index is 0.166. The van der Waals surface area contributed by atoms with Crippen LogP contribution in [0.15, 0.2) is 54.6 Å². The van der Waals surface area contributed by atoms with Crippen molar-refractivity contribution in [1.29, 1.82) is 0 Å². The van der Waals surface area contributed by atoms with E-state index in [1.54, 1.807) is 0 Å². The van der Waals surface area contributed by atoms with E-state index in [0.29, 0.717) is 32.8 Å². The molecule has 2 aromatic carbocycles. The van der Waals surface area contributed by atoms with Crippen molar-refractivity contribution >= 4 is 11.5 Å². The van der Waals surface area contributed by atoms with Crippen molar-refractivity contribution in [3.63, 3.8) is 0 Å². The van der Waals surface area contributed by atoms with E-state index < -0.39 is 0 Å². The molecule has 0 radical (unpaired) electrons. The maximum atomic E-state index is 12.9. The second-order valence-corrected chi connectivity index (χ2v) is 7.47. The molecule has 4 rings (SSSR count). The Morgan fingerprint density at radius 1 is 1.07 bits per heavy atom. The highest BCUT2D eigenvalue weighted by Crippen LogP contribution is 2.31. The van der Waals surface area contributed by atoms with E-state index in [1.807, 2.05) is 36.1 Å². The average Bonchev–Trinajstić information content (AvgIpc) is 2.78. The van der Waals surface area contributed by atoms with Gasteiger partial charge in [-0.15, -0.1) is 0 Å². The molecule has 0 N–H and O–H groups in total. The third-order valence-corrected chi connectivity index (χ3v) is 5.51. The molecule has 2 aromatic rings. The predicted octanol–water partition coefficient (Wildman–Crippen LogP) is 3.60. The van der Waals surface area contributed by atoms with Gasteiger partial charge >= 0.3 is 0 Å². The zero-order valence-corrected chi connectivity index (χ0v) is 17.0. The number of nitrogens with zero attached hydrogens (tertiary/aromatic N) is 2. The first-order valence-electron chi connectivity index (χ1n) is 10.4. The maximum Gasteiger partial charge on any atom is 0.237 e. The molecule has 2 heterocycles. The number of likely N-dealkylation sites (N-methyl/N-ethyl adjacent to an activating group) is 1. The lowest BCUT2D eigenvalue weighted by Crippen LogP contribution is -2.41. The fourth-order valence-corrected chi connectivity index (χ4v) is 3.84. The Hall–Kier alpha value is -2.79. The van der Waals surface area contributed by atoms with Crippen LogP contribution < -0.4 is 9.47 Å². The smallest absolute Gasteiger partial charge is 0.237 e. The summed E-state index contributed by atoms with van der Waals surface area (Å²) in [7, 11) is 0. The zero-order valence-electron chi connectivity index (χ0n) is 17.0. The maximum absolute atomic E-state index is 12.9. The van der Waals surface area contributed by atoms with Crippen LogP contribution in [0.5, 0.6) is 11.5 Å². The van der Waals surface area contributed by atoms with Gasteiger partial charge < -0.3 is 14.4 Å². The van der Waals surface area contributed by atoms with Crippen LogP contribution in [-0.4, -0.2) is 55.1 Å². The number of carbonyl (C=O) groups is 1. The summed E-state index contributed by atoms with van der Waals surface area (Å²) in [6.45, 7) is 6.64. The highest BCUT2D eigenvalue weighted by atomic mass is 16.6. The average molecular weight is 392 g/mol. The number of hydrogen-bond acceptors (Lipinski definition) is 4. The second kappa shape index (κ2) is 9.14. The Bertz CT molecular complexity index is 879. The van der Waals surface area contributed by atoms with E-state index in [1.165, 1.54) is 11.1 Å². The van der Waals surface area contributed by atoms with Crippen LogP contribution >= 0.6 is 0 Å². The van der Waals surface area contributed by atoms with E-state index in [9.17, 15) is 4.79 Å². The molecular weight excluding hydrogens is 364 g/mol. The Kier molecular flexibility index (Phi) is 6.15. The molecule has 0 aliphatic carbocycles. The number of hydrogen-bond donors (Lipinski definition) is 0. The van der Waals surface area contributed by atoms with Crippen LogP contribution in [0.2, 0.25) is 0 Å². The van der Waals surface area contributed by atoms with Gasteiger partial charge in [0.1, 0.15) is 13.2 Å². The molecular formula is C24H28N2O3. The van der Waals surface area contributed by atoms with Crippen molar-refractivity contribution in [3.05, 3.63) is 65.7 Å². The molecule has 0 bridgehead atoms. The Balaban J connectivity index is 1.34. The van der Waals surface area contributed by atoms with Gasteiger partial charge in [0.2, 0.25) is 5.91 Å². The van der Waals surface area contributed by atoms with Gasteiger partial charge in [-0.3, -0.25) is 9.69 Å². The first-order valence-corrected chi connectivity index (χ1v) is 10.4. The molecule has 152 valence electrons. The lowest BCUT2D eigenvalue weighted by atomic mass is 9.99. The fraction of sp³-hybridized carbons (Fsp3) is 0.375. The summed E-state index contributed by atoms with van der Waals surface area (Å²) >= 11 is 0. The van der Waals surface area contributed by atoms with Crippen LogP contribution in [0.1, 0.15) is 24.5 Å². The first kappa shape index (κ1) is 19.5. The number of amides is 1. The van der Waals surface area contributed by atoms with E-state index >= 15 is 0 Å². The molecule has 2 aliphatic heterocycles. The SMILES string of the molecule is CCN(Cc1ccc2c(c1)OCCO2)C(=O)CN1CC=C(c2ccccc2)CC1. The molecule has 0 saturated heterocycles. The molecule has 1 amide bonds. The van der Waals surface area contributed by atoms with Gasteiger partial charge in [0.15, 0.2) is 11.5 Å². The van der Waals surface area contributed by atoms with Crippen molar-refractivity contribution in [2.45, 2.75) is 19.9 Å². The minimum Gasteiger partial charge on any atom is -0.486 e. The third-order valence-electron chi connectivity index (χ3n) is 5.51. The van der Waals surface area contributed by atoms with Crippen LogP contribution in [0.3, 0.4) is 0 Å². The lowest BCUT2D eigenvalue weighted by Gasteiger charge is -2.29. The molecule has 5 nitrogen and oxygen atoms in total. The molecule has 5 heteroatoms. The number of carbonyl (C=O) groups excluding carboxylic acids is 1. The monoisotopic (exact) mass is 392 g/mol. The predicted molar refractivity (Wildman–Crippen MR) is 114 cm³/mol. The number of ether oxygens (including phenoxy) is 2. The van der Waals surface area contributed by atoms with E-state index in [-0.39, 0.29) is 5.91 Å². The summed E-state index contributed by atoms with van der Waals surface area (Å²) in [6.07, 6.45) is 3.23. The molecule has 0 unspecified atom stereocenters. The van der Waals surface area contributed by atoms with Crippen molar-refractivity contribution < 1.29 is 14.3 Å². The highest BCUT2D eigenvalue weighted by Gasteiger charge is 2.20. The summed E-state index contributed by atoms with van der Waals surface area (Å²) in [5.74, 6) is 1.72. The second-order valence-electron chi connectivity index (χ2n) is 7.47. The van der Waals surface area contributed by atoms with Crippen LogP contribution in [0.4, 0.5) is 0 Å². The number of rotatable bonds is 6. The zero-order chi connectivity index (χ0) is 20.1. The standard InChI is InChI=1S/C24H28N2O3/c1-2-26(17-19-8-9-22-23(16-19)29-15-14-28-22)24(27)18-25-12-10-21(11-13-25)20-6-4-3-5-7-20/h3-10,16H,2,11-15,17-18H2,1H3. The van der Waals surface area contributed by atoms with E-state index in [2.05, 4.69) is 35.2 Å². The minimum absolute atomic E-state index is 0.166. The van der Waals surface area contributed by atoms with Gasteiger partial charge in [-0.1, -0.05) is 42.5 Å². The van der Waals surface area contributed by atoms with Crippen molar-refractivity contribution in [1.82, 2.24) is 9.80 Å². The Morgan fingerprint density at radius 3 is 2.59 bits per heavy atom. The van der Waals surface area contributed by atoms with Gasteiger partial charge in [-0.25, -0.2) is 0 Å². The summed E-state index contributed by atoms with van der Waals surface area (Å²) in [5, 5.41) is 0. The summed E-state index contributed by atoms with van der Waals surface area (Å²) in [4.78, 5) is 17.0. The van der Waals surface area contributed by atoms with Gasteiger partial charge in [0.05, 0.1) is 6.54 Å². The lowest BCUT2D eigenvalue weighted by molar-refractivity contribution is -0.132. The summed E-state index contributed by atoms with van der Waals surface area (Å²) < 4.78 is 11.2. The van der Waals surface area contributed by atoms with Gasteiger partial charge in [-0.05, 0) is 42.2 Å². The third kappa shape index (κ3) is 4.80. The first-order chi connectivity index (χ1) is 14.2. The number of benzene rings is 2. The molecule has 0 fully saturated rings. The molecule has 0 aromatic heterocycles. The number of fused-ring (bicyclic) bond motifs is 1. The Labute approximate surface area is 172 Å². The van der Waals surface area contributed by atoms with Crippen LogP contribution in [-0.2, 0) is 11.3 Å².